The van der Waals surface area contributed by atoms with Gasteiger partial charge < -0.3 is 15.2 Å². The van der Waals surface area contributed by atoms with Crippen molar-refractivity contribution >= 4 is 50.5 Å². The van der Waals surface area contributed by atoms with E-state index in [9.17, 15) is 9.59 Å². The second-order valence-corrected chi connectivity index (χ2v) is 12.0. The fourth-order valence-corrected chi connectivity index (χ4v) is 6.98. The number of thiophene rings is 1. The van der Waals surface area contributed by atoms with E-state index >= 15 is 0 Å². The van der Waals surface area contributed by atoms with E-state index in [1.54, 1.807) is 0 Å². The summed E-state index contributed by atoms with van der Waals surface area (Å²) in [7, 11) is 0. The number of anilines is 1. The summed E-state index contributed by atoms with van der Waals surface area (Å²) < 4.78 is 3.09. The molecule has 1 aliphatic carbocycles. The Morgan fingerprint density at radius 2 is 1.79 bits per heavy atom. The van der Waals surface area contributed by atoms with E-state index in [2.05, 4.69) is 25.1 Å². The second-order valence-electron chi connectivity index (χ2n) is 10.5. The lowest BCUT2D eigenvalue weighted by Gasteiger charge is -2.31. The highest BCUT2D eigenvalue weighted by Crippen LogP contribution is 2.30. The molecule has 9 heteroatoms. The van der Waals surface area contributed by atoms with Crippen molar-refractivity contribution in [3.63, 3.8) is 0 Å². The predicted molar refractivity (Wildman–Crippen MR) is 157 cm³/mol. The predicted octanol–water partition coefficient (Wildman–Crippen LogP) is 6.26. The average molecular weight is 562 g/mol. The van der Waals surface area contributed by atoms with Crippen LogP contribution in [0.15, 0.2) is 60.9 Å². The van der Waals surface area contributed by atoms with Gasteiger partial charge in [0.25, 0.3) is 5.91 Å². The van der Waals surface area contributed by atoms with Crippen LogP contribution in [0.4, 0.5) is 5.69 Å². The molecule has 0 radical (unpaired) electrons. The number of carbonyl (C=O) groups is 2. The molecule has 6 rings (SSSR count). The highest BCUT2D eigenvalue weighted by atomic mass is 35.5. The van der Waals surface area contributed by atoms with Crippen molar-refractivity contribution < 1.29 is 9.59 Å². The van der Waals surface area contributed by atoms with E-state index in [-0.39, 0.29) is 23.8 Å². The lowest BCUT2D eigenvalue weighted by molar-refractivity contribution is -0.121. The van der Waals surface area contributed by atoms with E-state index < -0.39 is 0 Å². The van der Waals surface area contributed by atoms with Gasteiger partial charge in [0, 0.05) is 39.5 Å². The van der Waals surface area contributed by atoms with E-state index in [1.807, 2.05) is 60.9 Å². The number of halogens is 1. The van der Waals surface area contributed by atoms with Crippen molar-refractivity contribution in [3.8, 4) is 5.69 Å². The van der Waals surface area contributed by atoms with Crippen LogP contribution in [0.5, 0.6) is 0 Å². The number of nitrogens with one attached hydrogen (secondary N) is 2. The molecule has 39 heavy (non-hydrogen) atoms. The van der Waals surface area contributed by atoms with Gasteiger partial charge in [-0.15, -0.1) is 11.3 Å². The molecule has 1 saturated carbocycles. The zero-order valence-electron chi connectivity index (χ0n) is 21.7. The third-order valence-corrected chi connectivity index (χ3v) is 9.15. The van der Waals surface area contributed by atoms with Gasteiger partial charge in [0.1, 0.15) is 5.82 Å². The Hall–Kier alpha value is -3.20. The molecule has 0 bridgehead atoms. The number of amides is 2. The molecule has 7 nitrogen and oxygen atoms in total. The molecule has 4 aromatic rings. The van der Waals surface area contributed by atoms with Gasteiger partial charge in [0.2, 0.25) is 5.91 Å². The summed E-state index contributed by atoms with van der Waals surface area (Å²) >= 11 is 7.54. The monoisotopic (exact) mass is 561 g/mol. The Labute approximate surface area is 237 Å². The van der Waals surface area contributed by atoms with E-state index in [4.69, 9.17) is 11.6 Å². The first-order chi connectivity index (χ1) is 19.0. The van der Waals surface area contributed by atoms with Crippen molar-refractivity contribution in [2.24, 2.45) is 5.92 Å². The van der Waals surface area contributed by atoms with E-state index in [0.29, 0.717) is 9.90 Å². The number of aromatic nitrogens is 2. The molecule has 1 aliphatic heterocycles. The zero-order valence-corrected chi connectivity index (χ0v) is 23.3. The summed E-state index contributed by atoms with van der Waals surface area (Å²) in [6.07, 6.45) is 9.85. The summed E-state index contributed by atoms with van der Waals surface area (Å²) in [5.74, 6) is 0.572. The molecule has 1 saturated heterocycles. The molecular weight excluding hydrogens is 530 g/mol. The Morgan fingerprint density at radius 3 is 2.62 bits per heavy atom. The number of hydrogen-bond donors (Lipinski definition) is 2. The summed E-state index contributed by atoms with van der Waals surface area (Å²) in [6.45, 7) is 3.09. The van der Waals surface area contributed by atoms with Crippen LogP contribution in [0.2, 0.25) is 5.02 Å². The molecule has 2 atom stereocenters. The molecule has 3 heterocycles. The number of carbonyl (C=O) groups excluding carboxylic acids is 2. The zero-order chi connectivity index (χ0) is 26.8. The van der Waals surface area contributed by atoms with E-state index in [0.717, 1.165) is 72.6 Å². The number of imidazole rings is 1. The van der Waals surface area contributed by atoms with Gasteiger partial charge in [0.05, 0.1) is 17.3 Å². The average Bonchev–Trinajstić information content (AvgIpc) is 3.71. The minimum Gasteiger partial charge on any atom is -0.348 e. The SMILES string of the molecule is O=C(N[C@@H]1CCCC[C@@H]1C(=O)Nc1ccc(-n2ccnc2CN2CCCC2)cc1)c1cc2ccc(Cl)cc2s1. The van der Waals surface area contributed by atoms with Crippen molar-refractivity contribution in [2.75, 3.05) is 18.4 Å². The van der Waals surface area contributed by atoms with Gasteiger partial charge in [-0.25, -0.2) is 4.98 Å². The van der Waals surface area contributed by atoms with Gasteiger partial charge in [-0.05, 0) is 86.6 Å². The smallest absolute Gasteiger partial charge is 0.261 e. The standard InChI is InChI=1S/C30H32ClN5O2S/c31-21-8-7-20-17-27(39-26(20)18-21)30(38)34-25-6-2-1-5-24(25)29(37)33-22-9-11-23(12-10-22)36-16-13-32-28(36)19-35-14-3-4-15-35/h7-13,16-18,24-25H,1-6,14-15,19H2,(H,33,37)(H,34,38)/t24-,25+/m0/s1. The van der Waals surface area contributed by atoms with Gasteiger partial charge in [0.15, 0.2) is 0 Å². The molecule has 2 aromatic heterocycles. The Balaban J connectivity index is 1.10. The maximum absolute atomic E-state index is 13.3. The van der Waals surface area contributed by atoms with Gasteiger partial charge in [-0.1, -0.05) is 30.5 Å². The third kappa shape index (κ3) is 5.88. The number of rotatable bonds is 7. The number of hydrogen-bond acceptors (Lipinski definition) is 5. The van der Waals surface area contributed by atoms with Crippen LogP contribution >= 0.6 is 22.9 Å². The lowest BCUT2D eigenvalue weighted by atomic mass is 9.83. The van der Waals surface area contributed by atoms with Crippen LogP contribution in [0.25, 0.3) is 15.8 Å². The minimum absolute atomic E-state index is 0.0479. The summed E-state index contributed by atoms with van der Waals surface area (Å²) in [6, 6.07) is 15.2. The van der Waals surface area contributed by atoms with Crippen molar-refractivity contribution in [2.45, 2.75) is 51.1 Å². The first kappa shape index (κ1) is 26.0. The normalized spacial score (nSPS) is 19.8. The Kier molecular flexibility index (Phi) is 7.68. The van der Waals surface area contributed by atoms with Crippen molar-refractivity contribution in [3.05, 3.63) is 76.6 Å². The first-order valence-electron chi connectivity index (χ1n) is 13.7. The molecule has 0 spiro atoms. The van der Waals surface area contributed by atoms with Crippen LogP contribution in [0, 0.1) is 5.92 Å². The van der Waals surface area contributed by atoms with E-state index in [1.165, 1.54) is 24.2 Å². The highest BCUT2D eigenvalue weighted by Gasteiger charge is 2.32. The topological polar surface area (TPSA) is 79.3 Å². The molecular formula is C30H32ClN5O2S. The lowest BCUT2D eigenvalue weighted by Crippen LogP contribution is -2.46. The second kappa shape index (κ2) is 11.5. The fourth-order valence-electron chi connectivity index (χ4n) is 5.74. The number of fused-ring (bicyclic) bond motifs is 1. The number of benzene rings is 2. The molecule has 2 aliphatic rings. The molecule has 2 amide bonds. The Bertz CT molecular complexity index is 1470. The van der Waals surface area contributed by atoms with Crippen LogP contribution < -0.4 is 10.6 Å². The number of nitrogens with zero attached hydrogens (tertiary/aromatic N) is 3. The van der Waals surface area contributed by atoms with Gasteiger partial charge in [-0.2, -0.15) is 0 Å². The largest absolute Gasteiger partial charge is 0.348 e. The first-order valence-corrected chi connectivity index (χ1v) is 14.9. The maximum atomic E-state index is 13.3. The summed E-state index contributed by atoms with van der Waals surface area (Å²) in [5.41, 5.74) is 1.77. The van der Waals surface area contributed by atoms with Crippen LogP contribution in [0.1, 0.15) is 54.0 Å². The van der Waals surface area contributed by atoms with Crippen molar-refractivity contribution in [1.29, 1.82) is 0 Å². The van der Waals surface area contributed by atoms with Gasteiger partial charge in [-0.3, -0.25) is 14.5 Å². The molecule has 0 unspecified atom stereocenters. The molecule has 2 aromatic carbocycles. The summed E-state index contributed by atoms with van der Waals surface area (Å²) in [5, 5.41) is 7.90. The van der Waals surface area contributed by atoms with Crippen LogP contribution in [-0.4, -0.2) is 45.4 Å². The highest BCUT2D eigenvalue weighted by molar-refractivity contribution is 7.20. The summed E-state index contributed by atoms with van der Waals surface area (Å²) in [4.78, 5) is 34.1. The number of likely N-dealkylation sites (tertiary alicyclic amines) is 1. The fraction of sp³-hybridized carbons (Fsp3) is 0.367. The molecule has 202 valence electrons. The quantitative estimate of drug-likeness (QED) is 0.279. The van der Waals surface area contributed by atoms with Gasteiger partial charge >= 0.3 is 0 Å². The molecule has 2 N–H and O–H groups in total. The molecule has 2 fully saturated rings. The van der Waals surface area contributed by atoms with Crippen molar-refractivity contribution in [1.82, 2.24) is 19.8 Å². The third-order valence-electron chi connectivity index (χ3n) is 7.82. The Morgan fingerprint density at radius 1 is 1.00 bits per heavy atom. The maximum Gasteiger partial charge on any atom is 0.261 e. The van der Waals surface area contributed by atoms with Crippen LogP contribution in [0.3, 0.4) is 0 Å². The van der Waals surface area contributed by atoms with Crippen LogP contribution in [-0.2, 0) is 11.3 Å². The minimum atomic E-state index is -0.271.